The topological polar surface area (TPSA) is 98.1 Å². The Labute approximate surface area is 139 Å². The van der Waals surface area contributed by atoms with Crippen LogP contribution in [0.25, 0.3) is 11.3 Å². The highest BCUT2D eigenvalue weighted by Crippen LogP contribution is 2.14. The van der Waals surface area contributed by atoms with Crippen molar-refractivity contribution >= 4 is 15.7 Å². The number of nitrogens with zero attached hydrogens (tertiary/aromatic N) is 2. The van der Waals surface area contributed by atoms with Crippen LogP contribution in [0.4, 0.5) is 0 Å². The molecule has 1 saturated heterocycles. The number of sulfone groups is 1. The van der Waals surface area contributed by atoms with Crippen LogP contribution in [0.1, 0.15) is 6.42 Å². The SMILES string of the molecule is O=C(Cn1cc(-c2ccccc2)ncc1=O)N[C@H]1CCS(=O)(=O)C1. The molecule has 0 saturated carbocycles. The molecular weight excluding hydrogens is 330 g/mol. The van der Waals surface area contributed by atoms with Gasteiger partial charge in [-0.15, -0.1) is 0 Å². The molecule has 0 aliphatic carbocycles. The van der Waals surface area contributed by atoms with Crippen LogP contribution in [0, 0.1) is 0 Å². The van der Waals surface area contributed by atoms with Crippen LogP contribution in [0.3, 0.4) is 0 Å². The molecule has 1 aromatic heterocycles. The third kappa shape index (κ3) is 3.88. The molecule has 2 aromatic rings. The first-order chi connectivity index (χ1) is 11.4. The first kappa shape index (κ1) is 16.4. The van der Waals surface area contributed by atoms with Crippen LogP contribution < -0.4 is 10.9 Å². The molecule has 1 N–H and O–H groups in total. The fourth-order valence-electron chi connectivity index (χ4n) is 2.66. The molecule has 1 atom stereocenters. The Morgan fingerprint density at radius 1 is 1.29 bits per heavy atom. The van der Waals surface area contributed by atoms with Crippen molar-refractivity contribution in [1.82, 2.24) is 14.9 Å². The highest BCUT2D eigenvalue weighted by Gasteiger charge is 2.28. The van der Waals surface area contributed by atoms with Gasteiger partial charge in [-0.25, -0.2) is 13.4 Å². The lowest BCUT2D eigenvalue weighted by Crippen LogP contribution is -2.39. The maximum atomic E-state index is 12.1. The van der Waals surface area contributed by atoms with Gasteiger partial charge in [0.1, 0.15) is 6.54 Å². The van der Waals surface area contributed by atoms with Crippen LogP contribution in [0.2, 0.25) is 0 Å². The number of rotatable bonds is 4. The fraction of sp³-hybridized carbons (Fsp3) is 0.312. The molecule has 126 valence electrons. The number of amides is 1. The molecule has 0 unspecified atom stereocenters. The lowest BCUT2D eigenvalue weighted by molar-refractivity contribution is -0.122. The summed E-state index contributed by atoms with van der Waals surface area (Å²) in [5.74, 6) is -0.339. The van der Waals surface area contributed by atoms with Crippen molar-refractivity contribution in [3.63, 3.8) is 0 Å². The largest absolute Gasteiger partial charge is 0.351 e. The quantitative estimate of drug-likeness (QED) is 0.853. The van der Waals surface area contributed by atoms with Gasteiger partial charge in [0.2, 0.25) is 5.91 Å². The monoisotopic (exact) mass is 347 g/mol. The Kier molecular flexibility index (Phi) is 4.48. The summed E-state index contributed by atoms with van der Waals surface area (Å²) in [6, 6.07) is 8.94. The average molecular weight is 347 g/mol. The summed E-state index contributed by atoms with van der Waals surface area (Å²) in [5, 5.41) is 2.67. The highest BCUT2D eigenvalue weighted by molar-refractivity contribution is 7.91. The molecule has 1 aliphatic rings. The second-order valence-electron chi connectivity index (χ2n) is 5.77. The summed E-state index contributed by atoms with van der Waals surface area (Å²) in [4.78, 5) is 28.1. The first-order valence-electron chi connectivity index (χ1n) is 7.55. The van der Waals surface area contributed by atoms with Gasteiger partial charge in [-0.3, -0.25) is 9.59 Å². The minimum Gasteiger partial charge on any atom is -0.351 e. The van der Waals surface area contributed by atoms with Gasteiger partial charge >= 0.3 is 0 Å². The predicted octanol–water partition coefficient (Wildman–Crippen LogP) is 0.214. The van der Waals surface area contributed by atoms with Gasteiger partial charge in [0, 0.05) is 17.8 Å². The number of hydrogen-bond donors (Lipinski definition) is 1. The van der Waals surface area contributed by atoms with Gasteiger partial charge in [-0.1, -0.05) is 30.3 Å². The zero-order chi connectivity index (χ0) is 17.2. The number of benzene rings is 1. The molecule has 8 heteroatoms. The molecule has 0 radical (unpaired) electrons. The molecule has 1 aromatic carbocycles. The van der Waals surface area contributed by atoms with E-state index in [1.165, 1.54) is 17.0 Å². The molecule has 3 rings (SSSR count). The van der Waals surface area contributed by atoms with Crippen molar-refractivity contribution < 1.29 is 13.2 Å². The van der Waals surface area contributed by atoms with Crippen LogP contribution in [-0.4, -0.2) is 41.4 Å². The van der Waals surface area contributed by atoms with Crippen molar-refractivity contribution in [2.45, 2.75) is 19.0 Å². The molecule has 0 spiro atoms. The maximum absolute atomic E-state index is 12.1. The lowest BCUT2D eigenvalue weighted by Gasteiger charge is -2.12. The van der Waals surface area contributed by atoms with Crippen molar-refractivity contribution in [3.05, 3.63) is 53.1 Å². The molecule has 7 nitrogen and oxygen atoms in total. The molecular formula is C16H17N3O4S. The van der Waals surface area contributed by atoms with Gasteiger partial charge in [0.15, 0.2) is 9.84 Å². The molecule has 24 heavy (non-hydrogen) atoms. The van der Waals surface area contributed by atoms with Crippen molar-refractivity contribution in [2.24, 2.45) is 0 Å². The summed E-state index contributed by atoms with van der Waals surface area (Å²) in [5.41, 5.74) is 1.05. The van der Waals surface area contributed by atoms with E-state index in [-0.39, 0.29) is 35.6 Å². The summed E-state index contributed by atoms with van der Waals surface area (Å²) < 4.78 is 24.1. The van der Waals surface area contributed by atoms with E-state index in [0.29, 0.717) is 12.1 Å². The Morgan fingerprint density at radius 3 is 2.71 bits per heavy atom. The maximum Gasteiger partial charge on any atom is 0.269 e. The van der Waals surface area contributed by atoms with Gasteiger partial charge in [0.05, 0.1) is 23.4 Å². The minimum absolute atomic E-state index is 0.0424. The Bertz CT molecular complexity index is 906. The van der Waals surface area contributed by atoms with Gasteiger partial charge < -0.3 is 9.88 Å². The van der Waals surface area contributed by atoms with Crippen molar-refractivity contribution in [2.75, 3.05) is 11.5 Å². The molecule has 0 bridgehead atoms. The Balaban J connectivity index is 1.73. The van der Waals surface area contributed by atoms with Gasteiger partial charge in [0.25, 0.3) is 5.56 Å². The number of aromatic nitrogens is 2. The number of carbonyl (C=O) groups is 1. The zero-order valence-corrected chi connectivity index (χ0v) is 13.7. The highest BCUT2D eigenvalue weighted by atomic mass is 32.2. The van der Waals surface area contributed by atoms with Crippen LogP contribution in [0.15, 0.2) is 47.5 Å². The lowest BCUT2D eigenvalue weighted by atomic mass is 10.2. The van der Waals surface area contributed by atoms with Crippen LogP contribution in [-0.2, 0) is 21.2 Å². The summed E-state index contributed by atoms with van der Waals surface area (Å²) in [7, 11) is -3.06. The number of hydrogen-bond acceptors (Lipinski definition) is 5. The van der Waals surface area contributed by atoms with Crippen molar-refractivity contribution in [1.29, 1.82) is 0 Å². The normalized spacial score (nSPS) is 19.1. The van der Waals surface area contributed by atoms with Gasteiger partial charge in [-0.05, 0) is 6.42 Å². The van der Waals surface area contributed by atoms with Crippen LogP contribution in [0.5, 0.6) is 0 Å². The van der Waals surface area contributed by atoms with E-state index in [9.17, 15) is 18.0 Å². The van der Waals surface area contributed by atoms with Crippen LogP contribution >= 0.6 is 0 Å². The second-order valence-corrected chi connectivity index (χ2v) is 8.00. The zero-order valence-electron chi connectivity index (χ0n) is 12.9. The molecule has 2 heterocycles. The fourth-order valence-corrected chi connectivity index (χ4v) is 4.34. The van der Waals surface area contributed by atoms with E-state index in [0.717, 1.165) is 5.56 Å². The van der Waals surface area contributed by atoms with Crippen molar-refractivity contribution in [3.8, 4) is 11.3 Å². The van der Waals surface area contributed by atoms with E-state index in [4.69, 9.17) is 0 Å². The molecule has 1 amide bonds. The number of carbonyl (C=O) groups excluding carboxylic acids is 1. The van der Waals surface area contributed by atoms with E-state index >= 15 is 0 Å². The van der Waals surface area contributed by atoms with Gasteiger partial charge in [-0.2, -0.15) is 0 Å². The van der Waals surface area contributed by atoms with E-state index in [1.807, 2.05) is 30.3 Å². The van der Waals surface area contributed by atoms with E-state index in [1.54, 1.807) is 0 Å². The molecule has 1 fully saturated rings. The number of nitrogens with one attached hydrogen (secondary N) is 1. The van der Waals surface area contributed by atoms with E-state index < -0.39 is 9.84 Å². The Hall–Kier alpha value is -2.48. The molecule has 1 aliphatic heterocycles. The summed E-state index contributed by atoms with van der Waals surface area (Å²) >= 11 is 0. The summed E-state index contributed by atoms with van der Waals surface area (Å²) in [6.45, 7) is -0.169. The predicted molar refractivity (Wildman–Crippen MR) is 89.1 cm³/mol. The standard InChI is InChI=1S/C16H17N3O4S/c20-15(18-13-6-7-24(22,23)11-13)10-19-9-14(17-8-16(19)21)12-4-2-1-3-5-12/h1-5,8-9,13H,6-7,10-11H2,(H,18,20)/t13-/m0/s1. The first-order valence-corrected chi connectivity index (χ1v) is 9.37. The average Bonchev–Trinajstić information content (AvgIpc) is 2.89. The van der Waals surface area contributed by atoms with E-state index in [2.05, 4.69) is 10.3 Å². The second kappa shape index (κ2) is 6.56. The summed E-state index contributed by atoms with van der Waals surface area (Å²) in [6.07, 6.45) is 3.12. The third-order valence-corrected chi connectivity index (χ3v) is 5.62. The smallest absolute Gasteiger partial charge is 0.269 e. The third-order valence-electron chi connectivity index (χ3n) is 3.86. The Morgan fingerprint density at radius 2 is 2.04 bits per heavy atom. The minimum atomic E-state index is -3.06.